The van der Waals surface area contributed by atoms with E-state index in [1.54, 1.807) is 0 Å². The van der Waals surface area contributed by atoms with E-state index in [9.17, 15) is 0 Å². The van der Waals surface area contributed by atoms with Crippen molar-refractivity contribution in [1.29, 1.82) is 0 Å². The first-order valence-electron chi connectivity index (χ1n) is 6.89. The molecule has 1 fully saturated rings. The highest BCUT2D eigenvalue weighted by molar-refractivity contribution is 5.58. The molecule has 2 N–H and O–H groups in total. The SMILES string of the molecule is Cc1cc(N)cc(N2CCN(CC(C)C)CC2)c1. The van der Waals surface area contributed by atoms with Crippen LogP contribution in [0.25, 0.3) is 0 Å². The summed E-state index contributed by atoms with van der Waals surface area (Å²) in [5.41, 5.74) is 9.31. The van der Waals surface area contributed by atoms with Crippen LogP contribution >= 0.6 is 0 Å². The Hall–Kier alpha value is -1.22. The number of nitrogens with zero attached hydrogens (tertiary/aromatic N) is 2. The molecule has 0 unspecified atom stereocenters. The van der Waals surface area contributed by atoms with Gasteiger partial charge in [0, 0.05) is 44.1 Å². The van der Waals surface area contributed by atoms with Crippen molar-refractivity contribution < 1.29 is 0 Å². The molecule has 0 radical (unpaired) electrons. The molecule has 0 aliphatic carbocycles. The number of hydrogen-bond acceptors (Lipinski definition) is 3. The summed E-state index contributed by atoms with van der Waals surface area (Å²) in [6.07, 6.45) is 0. The van der Waals surface area contributed by atoms with Gasteiger partial charge >= 0.3 is 0 Å². The molecule has 1 saturated heterocycles. The Morgan fingerprint density at radius 2 is 1.78 bits per heavy atom. The highest BCUT2D eigenvalue weighted by Crippen LogP contribution is 2.21. The third kappa shape index (κ3) is 3.39. The van der Waals surface area contributed by atoms with Gasteiger partial charge in [-0.25, -0.2) is 0 Å². The number of rotatable bonds is 3. The molecular weight excluding hydrogens is 222 g/mol. The molecule has 1 aromatic rings. The van der Waals surface area contributed by atoms with Crippen molar-refractivity contribution in [3.63, 3.8) is 0 Å². The molecule has 1 heterocycles. The van der Waals surface area contributed by atoms with Crippen molar-refractivity contribution in [2.24, 2.45) is 5.92 Å². The van der Waals surface area contributed by atoms with Crippen LogP contribution in [0.5, 0.6) is 0 Å². The minimum Gasteiger partial charge on any atom is -0.399 e. The number of piperazine rings is 1. The van der Waals surface area contributed by atoms with E-state index >= 15 is 0 Å². The Balaban J connectivity index is 1.96. The molecule has 0 aromatic heterocycles. The average molecular weight is 247 g/mol. The van der Waals surface area contributed by atoms with Gasteiger partial charge < -0.3 is 10.6 Å². The van der Waals surface area contributed by atoms with Crippen LogP contribution in [0.3, 0.4) is 0 Å². The lowest BCUT2D eigenvalue weighted by Crippen LogP contribution is -2.47. The largest absolute Gasteiger partial charge is 0.399 e. The van der Waals surface area contributed by atoms with Gasteiger partial charge in [-0.2, -0.15) is 0 Å². The maximum Gasteiger partial charge on any atom is 0.0390 e. The average Bonchev–Trinajstić information content (AvgIpc) is 2.27. The smallest absolute Gasteiger partial charge is 0.0390 e. The molecule has 100 valence electrons. The molecule has 18 heavy (non-hydrogen) atoms. The van der Waals surface area contributed by atoms with Crippen molar-refractivity contribution in [2.75, 3.05) is 43.4 Å². The van der Waals surface area contributed by atoms with Crippen LogP contribution in [-0.2, 0) is 0 Å². The molecule has 3 nitrogen and oxygen atoms in total. The summed E-state index contributed by atoms with van der Waals surface area (Å²) in [4.78, 5) is 5.00. The van der Waals surface area contributed by atoms with Crippen LogP contribution in [0.4, 0.5) is 11.4 Å². The summed E-state index contributed by atoms with van der Waals surface area (Å²) in [6, 6.07) is 6.35. The Morgan fingerprint density at radius 3 is 2.33 bits per heavy atom. The standard InChI is InChI=1S/C15H25N3/c1-12(2)11-17-4-6-18(7-5-17)15-9-13(3)8-14(16)10-15/h8-10,12H,4-7,11,16H2,1-3H3. The highest BCUT2D eigenvalue weighted by Gasteiger charge is 2.17. The number of aryl methyl sites for hydroxylation is 1. The van der Waals surface area contributed by atoms with Crippen LogP contribution in [0, 0.1) is 12.8 Å². The zero-order chi connectivity index (χ0) is 13.1. The Kier molecular flexibility index (Phi) is 4.12. The molecule has 0 bridgehead atoms. The molecular formula is C15H25N3. The van der Waals surface area contributed by atoms with E-state index in [-0.39, 0.29) is 0 Å². The van der Waals surface area contributed by atoms with Gasteiger partial charge in [-0.1, -0.05) is 13.8 Å². The molecule has 1 aromatic carbocycles. The van der Waals surface area contributed by atoms with E-state index in [1.165, 1.54) is 17.8 Å². The van der Waals surface area contributed by atoms with Crippen molar-refractivity contribution in [2.45, 2.75) is 20.8 Å². The zero-order valence-electron chi connectivity index (χ0n) is 11.8. The zero-order valence-corrected chi connectivity index (χ0v) is 11.8. The van der Waals surface area contributed by atoms with E-state index in [0.29, 0.717) is 0 Å². The van der Waals surface area contributed by atoms with Crippen molar-refractivity contribution in [3.05, 3.63) is 23.8 Å². The first-order chi connectivity index (χ1) is 8.54. The summed E-state index contributed by atoms with van der Waals surface area (Å²) >= 11 is 0. The van der Waals surface area contributed by atoms with Gasteiger partial charge in [-0.3, -0.25) is 4.90 Å². The molecule has 0 atom stereocenters. The summed E-state index contributed by atoms with van der Waals surface area (Å²) in [5, 5.41) is 0. The van der Waals surface area contributed by atoms with E-state index < -0.39 is 0 Å². The van der Waals surface area contributed by atoms with Gasteiger partial charge in [-0.15, -0.1) is 0 Å². The normalized spacial score (nSPS) is 17.4. The summed E-state index contributed by atoms with van der Waals surface area (Å²) in [7, 11) is 0. The third-order valence-electron chi connectivity index (χ3n) is 3.45. The second kappa shape index (κ2) is 5.61. The second-order valence-electron chi connectivity index (χ2n) is 5.78. The van der Waals surface area contributed by atoms with E-state index in [1.807, 2.05) is 6.07 Å². The second-order valence-corrected chi connectivity index (χ2v) is 5.78. The van der Waals surface area contributed by atoms with Gasteiger partial charge in [0.25, 0.3) is 0 Å². The lowest BCUT2D eigenvalue weighted by atomic mass is 10.1. The minimum absolute atomic E-state index is 0.756. The summed E-state index contributed by atoms with van der Waals surface area (Å²) < 4.78 is 0. The van der Waals surface area contributed by atoms with E-state index in [4.69, 9.17) is 5.73 Å². The van der Waals surface area contributed by atoms with Crippen LogP contribution in [-0.4, -0.2) is 37.6 Å². The van der Waals surface area contributed by atoms with Gasteiger partial charge in [-0.05, 0) is 36.6 Å². The maximum atomic E-state index is 5.92. The molecule has 1 aliphatic heterocycles. The first-order valence-corrected chi connectivity index (χ1v) is 6.89. The monoisotopic (exact) mass is 247 g/mol. The third-order valence-corrected chi connectivity index (χ3v) is 3.45. The highest BCUT2D eigenvalue weighted by atomic mass is 15.3. The van der Waals surface area contributed by atoms with Crippen LogP contribution in [0.2, 0.25) is 0 Å². The number of hydrogen-bond donors (Lipinski definition) is 1. The Morgan fingerprint density at radius 1 is 1.11 bits per heavy atom. The lowest BCUT2D eigenvalue weighted by molar-refractivity contribution is 0.231. The number of nitrogen functional groups attached to an aromatic ring is 1. The predicted molar refractivity (Wildman–Crippen MR) is 79.1 cm³/mol. The maximum absolute atomic E-state index is 5.92. The summed E-state index contributed by atoms with van der Waals surface area (Å²) in [5.74, 6) is 0.756. The molecule has 2 rings (SSSR count). The topological polar surface area (TPSA) is 32.5 Å². The predicted octanol–water partition coefficient (Wildman–Crippen LogP) is 2.36. The molecule has 3 heteroatoms. The van der Waals surface area contributed by atoms with Crippen molar-refractivity contribution in [1.82, 2.24) is 4.90 Å². The number of benzene rings is 1. The number of anilines is 2. The Labute approximate surface area is 111 Å². The van der Waals surface area contributed by atoms with Crippen LogP contribution < -0.4 is 10.6 Å². The fourth-order valence-electron chi connectivity index (χ4n) is 2.68. The fraction of sp³-hybridized carbons (Fsp3) is 0.600. The van der Waals surface area contributed by atoms with E-state index in [2.05, 4.69) is 42.7 Å². The molecule has 0 saturated carbocycles. The van der Waals surface area contributed by atoms with Gasteiger partial charge in [0.1, 0.15) is 0 Å². The minimum atomic E-state index is 0.756. The Bertz CT molecular complexity index is 372. The molecule has 1 aliphatic rings. The van der Waals surface area contributed by atoms with Gasteiger partial charge in [0.15, 0.2) is 0 Å². The quantitative estimate of drug-likeness (QED) is 0.832. The van der Waals surface area contributed by atoms with Gasteiger partial charge in [0.2, 0.25) is 0 Å². The van der Waals surface area contributed by atoms with Gasteiger partial charge in [0.05, 0.1) is 0 Å². The molecule has 0 amide bonds. The fourth-order valence-corrected chi connectivity index (χ4v) is 2.68. The van der Waals surface area contributed by atoms with Crippen molar-refractivity contribution >= 4 is 11.4 Å². The summed E-state index contributed by atoms with van der Waals surface area (Å²) in [6.45, 7) is 12.4. The van der Waals surface area contributed by atoms with Crippen molar-refractivity contribution in [3.8, 4) is 0 Å². The van der Waals surface area contributed by atoms with E-state index in [0.717, 1.165) is 37.8 Å². The van der Waals surface area contributed by atoms with Crippen LogP contribution in [0.15, 0.2) is 18.2 Å². The molecule has 0 spiro atoms. The lowest BCUT2D eigenvalue weighted by Gasteiger charge is -2.37. The number of nitrogens with two attached hydrogens (primary N) is 1. The first kappa shape index (κ1) is 13.2. The van der Waals surface area contributed by atoms with Crippen LogP contribution in [0.1, 0.15) is 19.4 Å².